The second-order valence-electron chi connectivity index (χ2n) is 6.52. The predicted molar refractivity (Wildman–Crippen MR) is 84.6 cm³/mol. The number of rotatable bonds is 4. The van der Waals surface area contributed by atoms with Gasteiger partial charge in [-0.3, -0.25) is 9.80 Å². The summed E-state index contributed by atoms with van der Waals surface area (Å²) in [6.45, 7) is 7.81. The largest absolute Gasteiger partial charge is 0.439 e. The number of oxazole rings is 1. The van der Waals surface area contributed by atoms with Gasteiger partial charge in [0.2, 0.25) is 5.89 Å². The molecule has 0 bridgehead atoms. The fraction of sp³-hybridized carbons (Fsp3) is 0.588. The summed E-state index contributed by atoms with van der Waals surface area (Å²) in [5, 5.41) is 0. The molecular formula is C17H22FN3O2. The minimum atomic E-state index is -0.285. The number of benzene rings is 1. The highest BCUT2D eigenvalue weighted by Gasteiger charge is 2.26. The van der Waals surface area contributed by atoms with Gasteiger partial charge < -0.3 is 9.15 Å². The molecule has 1 aromatic carbocycles. The maximum absolute atomic E-state index is 13.2. The molecule has 2 fully saturated rings. The first kappa shape index (κ1) is 15.1. The Kier molecular flexibility index (Phi) is 4.29. The van der Waals surface area contributed by atoms with Crippen LogP contribution in [0.4, 0.5) is 4.39 Å². The van der Waals surface area contributed by atoms with Crippen molar-refractivity contribution in [2.45, 2.75) is 13.0 Å². The van der Waals surface area contributed by atoms with E-state index in [0.717, 1.165) is 51.5 Å². The number of likely N-dealkylation sites (tertiary alicyclic amines) is 1. The summed E-state index contributed by atoms with van der Waals surface area (Å²) >= 11 is 0. The zero-order chi connectivity index (χ0) is 15.6. The zero-order valence-corrected chi connectivity index (χ0v) is 13.2. The van der Waals surface area contributed by atoms with E-state index in [1.165, 1.54) is 18.6 Å². The van der Waals surface area contributed by atoms with E-state index >= 15 is 0 Å². The molecule has 0 N–H and O–H groups in total. The van der Waals surface area contributed by atoms with Crippen LogP contribution in [0.5, 0.6) is 0 Å². The minimum Gasteiger partial charge on any atom is -0.439 e. The molecule has 124 valence electrons. The minimum absolute atomic E-state index is 0.285. The Balaban J connectivity index is 1.34. The predicted octanol–water partition coefficient (Wildman–Crippen LogP) is 2.12. The van der Waals surface area contributed by atoms with E-state index in [0.29, 0.717) is 23.9 Å². The molecular weight excluding hydrogens is 297 g/mol. The Hall–Kier alpha value is -1.50. The maximum Gasteiger partial charge on any atom is 0.209 e. The molecule has 0 unspecified atom stereocenters. The fourth-order valence-electron chi connectivity index (χ4n) is 3.56. The third kappa shape index (κ3) is 3.54. The number of aromatic nitrogens is 1. The van der Waals surface area contributed by atoms with Crippen LogP contribution in [0.25, 0.3) is 11.1 Å². The van der Waals surface area contributed by atoms with Crippen molar-refractivity contribution in [2.24, 2.45) is 5.92 Å². The van der Waals surface area contributed by atoms with Crippen molar-refractivity contribution in [1.82, 2.24) is 14.8 Å². The van der Waals surface area contributed by atoms with Crippen molar-refractivity contribution in [1.29, 1.82) is 0 Å². The topological polar surface area (TPSA) is 41.7 Å². The second kappa shape index (κ2) is 6.55. The normalized spacial score (nSPS) is 23.8. The molecule has 6 heteroatoms. The SMILES string of the molecule is Fc1ccc2nc(CN3CC[C@H](CN4CCOCC4)C3)oc2c1. The van der Waals surface area contributed by atoms with Crippen LogP contribution in [0.2, 0.25) is 0 Å². The number of nitrogens with zero attached hydrogens (tertiary/aromatic N) is 3. The van der Waals surface area contributed by atoms with Gasteiger partial charge in [-0.2, -0.15) is 0 Å². The van der Waals surface area contributed by atoms with Crippen molar-refractivity contribution in [3.8, 4) is 0 Å². The number of hydrogen-bond acceptors (Lipinski definition) is 5. The van der Waals surface area contributed by atoms with Gasteiger partial charge in [-0.25, -0.2) is 9.37 Å². The molecule has 2 aromatic rings. The summed E-state index contributed by atoms with van der Waals surface area (Å²) in [6.07, 6.45) is 1.21. The van der Waals surface area contributed by atoms with Gasteiger partial charge in [0, 0.05) is 32.2 Å². The van der Waals surface area contributed by atoms with Crippen LogP contribution < -0.4 is 0 Å². The van der Waals surface area contributed by atoms with Crippen LogP contribution >= 0.6 is 0 Å². The number of hydrogen-bond donors (Lipinski definition) is 0. The van der Waals surface area contributed by atoms with Gasteiger partial charge in [0.05, 0.1) is 19.8 Å². The first-order chi connectivity index (χ1) is 11.3. The monoisotopic (exact) mass is 319 g/mol. The maximum atomic E-state index is 13.2. The smallest absolute Gasteiger partial charge is 0.209 e. The third-order valence-corrected chi connectivity index (χ3v) is 4.74. The molecule has 0 radical (unpaired) electrons. The van der Waals surface area contributed by atoms with Crippen LogP contribution in [0, 0.1) is 11.7 Å². The molecule has 1 aromatic heterocycles. The van der Waals surface area contributed by atoms with E-state index < -0.39 is 0 Å². The summed E-state index contributed by atoms with van der Waals surface area (Å²) in [6, 6.07) is 4.49. The molecule has 0 spiro atoms. The molecule has 0 amide bonds. The fourth-order valence-corrected chi connectivity index (χ4v) is 3.56. The van der Waals surface area contributed by atoms with E-state index in [9.17, 15) is 4.39 Å². The average molecular weight is 319 g/mol. The highest BCUT2D eigenvalue weighted by molar-refractivity contribution is 5.72. The molecule has 0 saturated carbocycles. The molecule has 2 aliphatic heterocycles. The molecule has 4 rings (SSSR count). The molecule has 1 atom stereocenters. The Morgan fingerprint density at radius 1 is 1.17 bits per heavy atom. The summed E-state index contributed by atoms with van der Waals surface area (Å²) < 4.78 is 24.3. The Morgan fingerprint density at radius 3 is 2.91 bits per heavy atom. The van der Waals surface area contributed by atoms with Crippen LogP contribution in [0.15, 0.2) is 22.6 Å². The average Bonchev–Trinajstić information content (AvgIpc) is 3.14. The Labute approximate surface area is 135 Å². The van der Waals surface area contributed by atoms with Crippen molar-refractivity contribution < 1.29 is 13.5 Å². The number of halogens is 1. The van der Waals surface area contributed by atoms with Gasteiger partial charge in [-0.1, -0.05) is 0 Å². The van der Waals surface area contributed by atoms with Crippen LogP contribution in [-0.2, 0) is 11.3 Å². The Morgan fingerprint density at radius 2 is 2.04 bits per heavy atom. The van der Waals surface area contributed by atoms with Crippen molar-refractivity contribution in [2.75, 3.05) is 45.9 Å². The molecule has 3 heterocycles. The van der Waals surface area contributed by atoms with Gasteiger partial charge in [0.15, 0.2) is 5.58 Å². The zero-order valence-electron chi connectivity index (χ0n) is 13.2. The van der Waals surface area contributed by atoms with Crippen LogP contribution in [0.1, 0.15) is 12.3 Å². The standard InChI is InChI=1S/C17H22FN3O2/c18-14-1-2-15-16(9-14)23-17(19-15)12-21-4-3-13(11-21)10-20-5-7-22-8-6-20/h1-2,9,13H,3-8,10-12H2/t13-/m1/s1. The van der Waals surface area contributed by atoms with E-state index in [4.69, 9.17) is 9.15 Å². The lowest BCUT2D eigenvalue weighted by atomic mass is 10.1. The van der Waals surface area contributed by atoms with Gasteiger partial charge >= 0.3 is 0 Å². The number of morpholine rings is 1. The van der Waals surface area contributed by atoms with Crippen molar-refractivity contribution in [3.05, 3.63) is 29.9 Å². The van der Waals surface area contributed by atoms with Crippen LogP contribution in [0.3, 0.4) is 0 Å². The van der Waals surface area contributed by atoms with Crippen molar-refractivity contribution >= 4 is 11.1 Å². The molecule has 23 heavy (non-hydrogen) atoms. The highest BCUT2D eigenvalue weighted by atomic mass is 19.1. The van der Waals surface area contributed by atoms with Crippen LogP contribution in [-0.4, -0.2) is 60.7 Å². The lowest BCUT2D eigenvalue weighted by Gasteiger charge is -2.29. The lowest BCUT2D eigenvalue weighted by Crippen LogP contribution is -2.39. The summed E-state index contributed by atoms with van der Waals surface area (Å²) in [5.74, 6) is 1.10. The van der Waals surface area contributed by atoms with E-state index in [1.54, 1.807) is 6.07 Å². The van der Waals surface area contributed by atoms with E-state index in [1.807, 2.05) is 0 Å². The highest BCUT2D eigenvalue weighted by Crippen LogP contribution is 2.22. The molecule has 0 aliphatic carbocycles. The molecule has 5 nitrogen and oxygen atoms in total. The van der Waals surface area contributed by atoms with E-state index in [2.05, 4.69) is 14.8 Å². The van der Waals surface area contributed by atoms with Crippen molar-refractivity contribution in [3.63, 3.8) is 0 Å². The quantitative estimate of drug-likeness (QED) is 0.863. The Bertz CT molecular complexity index is 669. The summed E-state index contributed by atoms with van der Waals surface area (Å²) in [5.41, 5.74) is 1.26. The molecule has 2 saturated heterocycles. The summed E-state index contributed by atoms with van der Waals surface area (Å²) in [4.78, 5) is 9.34. The number of ether oxygens (including phenoxy) is 1. The molecule has 2 aliphatic rings. The first-order valence-corrected chi connectivity index (χ1v) is 8.34. The summed E-state index contributed by atoms with van der Waals surface area (Å²) in [7, 11) is 0. The van der Waals surface area contributed by atoms with Gasteiger partial charge in [-0.05, 0) is 31.0 Å². The first-order valence-electron chi connectivity index (χ1n) is 8.34. The van der Waals surface area contributed by atoms with Gasteiger partial charge in [-0.15, -0.1) is 0 Å². The van der Waals surface area contributed by atoms with E-state index in [-0.39, 0.29) is 5.82 Å². The van der Waals surface area contributed by atoms with Gasteiger partial charge in [0.1, 0.15) is 11.3 Å². The second-order valence-corrected chi connectivity index (χ2v) is 6.52. The lowest BCUT2D eigenvalue weighted by molar-refractivity contribution is 0.0311. The van der Waals surface area contributed by atoms with Gasteiger partial charge in [0.25, 0.3) is 0 Å². The third-order valence-electron chi connectivity index (χ3n) is 4.74. The number of fused-ring (bicyclic) bond motifs is 1.